The zero-order chi connectivity index (χ0) is 16.2. The molecule has 0 saturated carbocycles. The van der Waals surface area contributed by atoms with Gasteiger partial charge in [-0.2, -0.15) is 5.26 Å². The normalized spacial score (nSPS) is 10.6. The molecule has 0 bridgehead atoms. The van der Waals surface area contributed by atoms with E-state index in [1.165, 1.54) is 11.3 Å². The summed E-state index contributed by atoms with van der Waals surface area (Å²) >= 11 is 1.52. The summed E-state index contributed by atoms with van der Waals surface area (Å²) in [5.41, 5.74) is 1.94. The molecule has 3 aromatic rings. The number of nitriles is 1. The fraction of sp³-hybridized carbons (Fsp3) is 0.250. The summed E-state index contributed by atoms with van der Waals surface area (Å²) in [7, 11) is 0. The maximum atomic E-state index is 12.4. The van der Waals surface area contributed by atoms with Gasteiger partial charge < -0.3 is 9.26 Å². The molecule has 0 unspecified atom stereocenters. The van der Waals surface area contributed by atoms with Crippen LogP contribution in [0, 0.1) is 18.3 Å². The lowest BCUT2D eigenvalue weighted by molar-refractivity contribution is 0.0504. The van der Waals surface area contributed by atoms with E-state index in [1.807, 2.05) is 23.6 Å². The number of ether oxygens (including phenoxy) is 1. The van der Waals surface area contributed by atoms with Crippen LogP contribution in [0.15, 0.2) is 28.1 Å². The zero-order valence-electron chi connectivity index (χ0n) is 12.4. The SMILES string of the molecule is Cc1noc2nc(-c3cccs3)cc(C(=O)OCCCC#N)c12. The lowest BCUT2D eigenvalue weighted by Crippen LogP contribution is -2.08. The van der Waals surface area contributed by atoms with E-state index in [1.54, 1.807) is 13.0 Å². The van der Waals surface area contributed by atoms with Gasteiger partial charge in [0.15, 0.2) is 0 Å². The molecule has 0 amide bonds. The number of hydrogen-bond donors (Lipinski definition) is 0. The number of aryl methyl sites for hydroxylation is 1. The van der Waals surface area contributed by atoms with Gasteiger partial charge in [-0.3, -0.25) is 0 Å². The Bertz CT molecular complexity index is 878. The minimum absolute atomic E-state index is 0.203. The molecule has 23 heavy (non-hydrogen) atoms. The van der Waals surface area contributed by atoms with E-state index >= 15 is 0 Å². The Labute approximate surface area is 136 Å². The maximum absolute atomic E-state index is 12.4. The highest BCUT2D eigenvalue weighted by molar-refractivity contribution is 7.13. The predicted molar refractivity (Wildman–Crippen MR) is 85.0 cm³/mol. The second-order valence-electron chi connectivity index (χ2n) is 4.88. The first-order chi connectivity index (χ1) is 11.2. The van der Waals surface area contributed by atoms with Crippen LogP contribution >= 0.6 is 11.3 Å². The molecular formula is C16H13N3O3S. The van der Waals surface area contributed by atoms with Gasteiger partial charge in [0.2, 0.25) is 0 Å². The number of pyridine rings is 1. The van der Waals surface area contributed by atoms with Crippen LogP contribution in [-0.4, -0.2) is 22.7 Å². The molecule has 0 N–H and O–H groups in total. The molecule has 0 saturated heterocycles. The number of unbranched alkanes of at least 4 members (excludes halogenated alkanes) is 1. The van der Waals surface area contributed by atoms with E-state index < -0.39 is 5.97 Å². The van der Waals surface area contributed by atoms with Crippen molar-refractivity contribution >= 4 is 28.4 Å². The smallest absolute Gasteiger partial charge is 0.339 e. The highest BCUT2D eigenvalue weighted by Crippen LogP contribution is 2.29. The van der Waals surface area contributed by atoms with E-state index in [2.05, 4.69) is 10.1 Å². The van der Waals surface area contributed by atoms with E-state index in [-0.39, 0.29) is 6.61 Å². The molecule has 0 atom stereocenters. The van der Waals surface area contributed by atoms with Crippen molar-refractivity contribution in [3.63, 3.8) is 0 Å². The first-order valence-corrected chi connectivity index (χ1v) is 7.93. The Hall–Kier alpha value is -2.72. The monoisotopic (exact) mass is 327 g/mol. The van der Waals surface area contributed by atoms with E-state index in [0.717, 1.165) is 4.88 Å². The Balaban J connectivity index is 1.98. The summed E-state index contributed by atoms with van der Waals surface area (Å²) in [4.78, 5) is 17.7. The van der Waals surface area contributed by atoms with Gasteiger partial charge >= 0.3 is 5.97 Å². The summed E-state index contributed by atoms with van der Waals surface area (Å²) < 4.78 is 10.5. The summed E-state index contributed by atoms with van der Waals surface area (Å²) in [6, 6.07) is 7.55. The first kappa shape index (κ1) is 15.2. The van der Waals surface area contributed by atoms with Gasteiger partial charge in [0.05, 0.1) is 39.9 Å². The minimum atomic E-state index is -0.459. The predicted octanol–water partition coefficient (Wildman–Crippen LogP) is 3.72. The van der Waals surface area contributed by atoms with Crippen molar-refractivity contribution < 1.29 is 14.1 Å². The largest absolute Gasteiger partial charge is 0.462 e. The Morgan fingerprint density at radius 1 is 1.52 bits per heavy atom. The second kappa shape index (κ2) is 6.58. The summed E-state index contributed by atoms with van der Waals surface area (Å²) in [5, 5.41) is 14.9. The number of thiophene rings is 1. The maximum Gasteiger partial charge on any atom is 0.339 e. The van der Waals surface area contributed by atoms with Crippen LogP contribution in [0.2, 0.25) is 0 Å². The number of carbonyl (C=O) groups excluding carboxylic acids is 1. The first-order valence-electron chi connectivity index (χ1n) is 7.05. The molecular weight excluding hydrogens is 314 g/mol. The van der Waals surface area contributed by atoms with Gasteiger partial charge in [0, 0.05) is 6.42 Å². The fourth-order valence-corrected chi connectivity index (χ4v) is 2.89. The van der Waals surface area contributed by atoms with Gasteiger partial charge in [0.25, 0.3) is 5.71 Å². The summed E-state index contributed by atoms with van der Waals surface area (Å²) in [5.74, 6) is -0.459. The quantitative estimate of drug-likeness (QED) is 0.524. The molecule has 0 aromatic carbocycles. The van der Waals surface area contributed by atoms with Crippen molar-refractivity contribution in [2.45, 2.75) is 19.8 Å². The topological polar surface area (TPSA) is 89.0 Å². The molecule has 0 fully saturated rings. The van der Waals surface area contributed by atoms with E-state index in [4.69, 9.17) is 14.5 Å². The van der Waals surface area contributed by atoms with Crippen LogP contribution in [0.5, 0.6) is 0 Å². The van der Waals surface area contributed by atoms with E-state index in [9.17, 15) is 4.79 Å². The average Bonchev–Trinajstić information content (AvgIpc) is 3.21. The van der Waals surface area contributed by atoms with Crippen LogP contribution in [0.1, 0.15) is 28.9 Å². The third-order valence-electron chi connectivity index (χ3n) is 3.28. The number of fused-ring (bicyclic) bond motifs is 1. The molecule has 0 spiro atoms. The third-order valence-corrected chi connectivity index (χ3v) is 4.17. The fourth-order valence-electron chi connectivity index (χ4n) is 2.20. The molecule has 6 nitrogen and oxygen atoms in total. The standard InChI is InChI=1S/C16H13N3O3S/c1-10-14-11(16(20)21-7-3-2-6-17)9-12(13-5-4-8-23-13)18-15(14)22-19-10/h4-5,8-9H,2-3,7H2,1H3. The Morgan fingerprint density at radius 3 is 3.13 bits per heavy atom. The van der Waals surface area contributed by atoms with Crippen LogP contribution in [0.25, 0.3) is 21.7 Å². The van der Waals surface area contributed by atoms with Crippen LogP contribution in [-0.2, 0) is 4.74 Å². The highest BCUT2D eigenvalue weighted by Gasteiger charge is 2.20. The lowest BCUT2D eigenvalue weighted by Gasteiger charge is -2.06. The van der Waals surface area contributed by atoms with Crippen molar-refractivity contribution in [2.24, 2.45) is 0 Å². The van der Waals surface area contributed by atoms with Crippen molar-refractivity contribution in [3.05, 3.63) is 34.8 Å². The molecule has 0 aliphatic carbocycles. The Kier molecular flexibility index (Phi) is 4.35. The molecule has 7 heteroatoms. The van der Waals surface area contributed by atoms with Crippen molar-refractivity contribution in [3.8, 4) is 16.6 Å². The third kappa shape index (κ3) is 3.07. The molecule has 0 aliphatic heterocycles. The van der Waals surface area contributed by atoms with Crippen molar-refractivity contribution in [2.75, 3.05) is 6.61 Å². The molecule has 0 radical (unpaired) electrons. The van der Waals surface area contributed by atoms with E-state index in [0.29, 0.717) is 40.9 Å². The summed E-state index contributed by atoms with van der Waals surface area (Å²) in [6.45, 7) is 1.96. The number of carbonyl (C=O) groups is 1. The lowest BCUT2D eigenvalue weighted by atomic mass is 10.1. The van der Waals surface area contributed by atoms with Gasteiger partial charge in [0.1, 0.15) is 0 Å². The molecule has 0 aliphatic rings. The van der Waals surface area contributed by atoms with Crippen molar-refractivity contribution in [1.82, 2.24) is 10.1 Å². The molecule has 116 valence electrons. The second-order valence-corrected chi connectivity index (χ2v) is 5.83. The zero-order valence-corrected chi connectivity index (χ0v) is 13.2. The van der Waals surface area contributed by atoms with Crippen LogP contribution in [0.4, 0.5) is 0 Å². The van der Waals surface area contributed by atoms with Crippen LogP contribution < -0.4 is 0 Å². The van der Waals surface area contributed by atoms with Gasteiger partial charge in [-0.1, -0.05) is 11.2 Å². The van der Waals surface area contributed by atoms with Gasteiger partial charge in [-0.05, 0) is 30.9 Å². The molecule has 3 rings (SSSR count). The van der Waals surface area contributed by atoms with Crippen LogP contribution in [0.3, 0.4) is 0 Å². The van der Waals surface area contributed by atoms with Gasteiger partial charge in [-0.15, -0.1) is 11.3 Å². The van der Waals surface area contributed by atoms with Gasteiger partial charge in [-0.25, -0.2) is 9.78 Å². The summed E-state index contributed by atoms with van der Waals surface area (Å²) in [6.07, 6.45) is 0.864. The number of esters is 1. The molecule has 3 aromatic heterocycles. The Morgan fingerprint density at radius 2 is 2.39 bits per heavy atom. The minimum Gasteiger partial charge on any atom is -0.462 e. The van der Waals surface area contributed by atoms with Crippen molar-refractivity contribution in [1.29, 1.82) is 5.26 Å². The average molecular weight is 327 g/mol. The number of aromatic nitrogens is 2. The number of rotatable bonds is 5. The molecule has 3 heterocycles. The number of nitrogens with zero attached hydrogens (tertiary/aromatic N) is 3. The highest BCUT2D eigenvalue weighted by atomic mass is 32.1. The number of hydrogen-bond acceptors (Lipinski definition) is 7.